The van der Waals surface area contributed by atoms with Crippen LogP contribution in [0.15, 0.2) is 99.5 Å². The number of carboxylic acid groups (broad SMARTS) is 1. The molecule has 1 amide bonds. The molecule has 0 radical (unpaired) electrons. The number of anilines is 1. The first-order valence-electron chi connectivity index (χ1n) is 23.2. The third-order valence-electron chi connectivity index (χ3n) is 13.3. The number of carbonyl (C=O) groups is 2. The van der Waals surface area contributed by atoms with Gasteiger partial charge >= 0.3 is 118 Å². The summed E-state index contributed by atoms with van der Waals surface area (Å²) in [6.07, 6.45) is 5.75. The van der Waals surface area contributed by atoms with Crippen LogP contribution in [0.25, 0.3) is 5.57 Å². The van der Waals surface area contributed by atoms with E-state index in [0.717, 1.165) is 24.3 Å². The molecule has 0 aromatic heterocycles. The SMILES string of the molecule is CC1(C)C(/C=C/C2=C(c3c(F)cc(F)cc3F)C(=C/C=C3/N(CCCS(=O)(=O)[O-])c4ccc(S(=O)(=O)[O-])cc4C3(C)C)/CC(C(=O)NCCCCCC(=O)[O-])C2)=[N+](CCCS(=O)(=O)[O-])c2ccc(S(=O)(=O)[O-])cc21.[Na+].[Na+].[Na+].[Na+]. The van der Waals surface area contributed by atoms with Gasteiger partial charge in [-0.1, -0.05) is 32.4 Å². The molecule has 2 heterocycles. The third-order valence-corrected chi connectivity index (χ3v) is 16.5. The molecule has 1 aliphatic carbocycles. The molecule has 6 rings (SSSR count). The second-order valence-corrected chi connectivity index (χ2v) is 25.0. The van der Waals surface area contributed by atoms with E-state index >= 15 is 8.78 Å². The normalized spacial score (nSPS) is 18.0. The number of unbranched alkanes of at least 4 members (excludes halogenated alkanes) is 2. The average molecular weight is 1200 g/mol. The zero-order valence-corrected chi connectivity index (χ0v) is 55.7. The van der Waals surface area contributed by atoms with Crippen LogP contribution >= 0.6 is 0 Å². The maximum absolute atomic E-state index is 16.3. The summed E-state index contributed by atoms with van der Waals surface area (Å²) in [6, 6.07) is 8.00. The Balaban J connectivity index is 0.00000520. The standard InChI is InChI=1S/C49H56F3N3O15S4.4Na/c1-48(2)36-28-34(73(65,66)67)13-15-40(36)54(20-8-22-71(59,60)61)42(48)17-11-30-24-32(47(58)53-19-7-5-6-10-44(56)57)25-31(45(30)46-38(51)26-33(50)27-39(46)52)12-18-43-49(3,4)37-29-35(74(68,69)70)14-16-41(37)55(43)21-9-23-72(62,63)64;;;;/h11-18,26-29,32H,5-10,19-25H2,1-4H3,(H5-,53,56,57,58,59,60,61,62,63,64,65,66,67,68,69,70);;;;/q;4*+1/p-4. The van der Waals surface area contributed by atoms with Crippen molar-refractivity contribution in [3.8, 4) is 0 Å². The van der Waals surface area contributed by atoms with Crippen molar-refractivity contribution in [1.29, 1.82) is 0 Å². The number of nitrogens with zero attached hydrogens (tertiary/aromatic N) is 2. The van der Waals surface area contributed by atoms with Gasteiger partial charge in [-0.3, -0.25) is 4.79 Å². The van der Waals surface area contributed by atoms with E-state index in [1.165, 1.54) is 36.4 Å². The number of amides is 1. The van der Waals surface area contributed by atoms with Crippen LogP contribution in [0.1, 0.15) is 95.8 Å². The van der Waals surface area contributed by atoms with Gasteiger partial charge in [0, 0.05) is 89.5 Å². The summed E-state index contributed by atoms with van der Waals surface area (Å²) in [4.78, 5) is 25.6. The molecule has 1 N–H and O–H groups in total. The van der Waals surface area contributed by atoms with E-state index in [2.05, 4.69) is 5.32 Å². The fourth-order valence-corrected chi connectivity index (χ4v) is 11.7. The second-order valence-electron chi connectivity index (χ2n) is 19.2. The van der Waals surface area contributed by atoms with Crippen molar-refractivity contribution in [1.82, 2.24) is 5.32 Å². The molecule has 29 heteroatoms. The first-order valence-corrected chi connectivity index (χ1v) is 29.1. The Bertz CT molecular complexity index is 3400. The average Bonchev–Trinajstić information content (AvgIpc) is 3.61. The van der Waals surface area contributed by atoms with Crippen molar-refractivity contribution >= 4 is 75.0 Å². The topological polar surface area (TPSA) is 304 Å². The van der Waals surface area contributed by atoms with Gasteiger partial charge < -0.3 is 38.3 Å². The van der Waals surface area contributed by atoms with Gasteiger partial charge in [0.15, 0.2) is 5.71 Å². The van der Waals surface area contributed by atoms with E-state index in [9.17, 15) is 71.0 Å². The number of nitrogens with one attached hydrogen (secondary N) is 1. The second kappa shape index (κ2) is 28.8. The molecule has 18 nitrogen and oxygen atoms in total. The zero-order chi connectivity index (χ0) is 54.9. The summed E-state index contributed by atoms with van der Waals surface area (Å²) >= 11 is 0. The van der Waals surface area contributed by atoms with E-state index in [1.807, 2.05) is 0 Å². The molecule has 0 spiro atoms. The molecule has 0 saturated carbocycles. The largest absolute Gasteiger partial charge is 1.00 e. The van der Waals surface area contributed by atoms with Gasteiger partial charge in [-0.25, -0.2) is 46.8 Å². The van der Waals surface area contributed by atoms with Crippen LogP contribution in [0.2, 0.25) is 0 Å². The number of allylic oxidation sites excluding steroid dienone is 8. The van der Waals surface area contributed by atoms with Gasteiger partial charge in [-0.2, -0.15) is 4.58 Å². The van der Waals surface area contributed by atoms with Gasteiger partial charge in [0.2, 0.25) is 11.6 Å². The number of aliphatic carboxylic acids is 1. The van der Waals surface area contributed by atoms with Gasteiger partial charge in [0.1, 0.15) is 44.2 Å². The van der Waals surface area contributed by atoms with Crippen LogP contribution in [-0.4, -0.2) is 105 Å². The summed E-state index contributed by atoms with van der Waals surface area (Å²) in [5.41, 5.74) is -1.21. The van der Waals surface area contributed by atoms with E-state index in [4.69, 9.17) is 0 Å². The zero-order valence-electron chi connectivity index (χ0n) is 44.5. The predicted molar refractivity (Wildman–Crippen MR) is 258 cm³/mol. The number of fused-ring (bicyclic) bond motifs is 2. The minimum Gasteiger partial charge on any atom is -0.748 e. The van der Waals surface area contributed by atoms with Crippen molar-refractivity contribution in [2.75, 3.05) is 36.0 Å². The number of carboxylic acids is 1. The van der Waals surface area contributed by atoms with E-state index in [-0.39, 0.29) is 193 Å². The molecule has 0 saturated heterocycles. The van der Waals surface area contributed by atoms with Crippen molar-refractivity contribution in [3.05, 3.63) is 124 Å². The minimum atomic E-state index is -4.99. The number of hydrogen-bond donors (Lipinski definition) is 1. The minimum absolute atomic E-state index is 0. The number of rotatable bonds is 21. The van der Waals surface area contributed by atoms with Crippen LogP contribution in [0.3, 0.4) is 0 Å². The quantitative estimate of drug-likeness (QED) is 0.0449. The Morgan fingerprint density at radius 3 is 1.83 bits per heavy atom. The van der Waals surface area contributed by atoms with Crippen LogP contribution < -0.4 is 134 Å². The Morgan fingerprint density at radius 2 is 1.27 bits per heavy atom. The summed E-state index contributed by atoms with van der Waals surface area (Å²) < 4.78 is 192. The van der Waals surface area contributed by atoms with Crippen LogP contribution in [0.5, 0.6) is 0 Å². The fourth-order valence-electron chi connectivity index (χ4n) is 9.79. The molecule has 402 valence electrons. The van der Waals surface area contributed by atoms with Crippen LogP contribution in [0, 0.1) is 23.4 Å². The van der Waals surface area contributed by atoms with E-state index in [0.29, 0.717) is 58.9 Å². The van der Waals surface area contributed by atoms with Gasteiger partial charge in [-0.15, -0.1) is 0 Å². The van der Waals surface area contributed by atoms with Crippen molar-refractivity contribution in [2.45, 2.75) is 99.7 Å². The van der Waals surface area contributed by atoms with Crippen LogP contribution in [-0.2, 0) is 60.9 Å². The molecule has 2 aliphatic heterocycles. The molecule has 0 fully saturated rings. The van der Waals surface area contributed by atoms with Crippen molar-refractivity contribution < 1.29 is 203 Å². The molecular weight excluding hydrogens is 1150 g/mol. The van der Waals surface area contributed by atoms with E-state index in [1.54, 1.807) is 37.2 Å². The van der Waals surface area contributed by atoms with Crippen molar-refractivity contribution in [2.24, 2.45) is 5.92 Å². The molecule has 3 aliphatic rings. The summed E-state index contributed by atoms with van der Waals surface area (Å²) in [6.45, 7) is 6.43. The first kappa shape index (κ1) is 72.6. The number of benzene rings is 3. The molecule has 1 atom stereocenters. The van der Waals surface area contributed by atoms with Gasteiger partial charge in [-0.05, 0) is 111 Å². The summed E-state index contributed by atoms with van der Waals surface area (Å²) in [5.74, 6) is -8.36. The smallest absolute Gasteiger partial charge is 0.748 e. The first-order chi connectivity index (χ1) is 34.2. The molecule has 3 aromatic carbocycles. The Kier molecular flexibility index (Phi) is 26.8. The van der Waals surface area contributed by atoms with Crippen LogP contribution in [0.4, 0.5) is 24.5 Å². The summed E-state index contributed by atoms with van der Waals surface area (Å²) in [7, 11) is -19.4. The number of halogens is 3. The Hall–Kier alpha value is -1.54. The predicted octanol–water partition coefficient (Wildman–Crippen LogP) is -7.37. The van der Waals surface area contributed by atoms with Gasteiger partial charge in [0.05, 0.1) is 41.0 Å². The fraction of sp³-hybridized carbons (Fsp3) is 0.408. The maximum atomic E-state index is 16.3. The number of hydrogen-bond acceptors (Lipinski definition) is 16. The molecule has 3 aromatic rings. The molecular formula is C49H52F3N3Na4O15S4. The Labute approximate surface area is 541 Å². The molecule has 78 heavy (non-hydrogen) atoms. The maximum Gasteiger partial charge on any atom is 1.00 e. The summed E-state index contributed by atoms with van der Waals surface area (Å²) in [5, 5.41) is 13.8. The van der Waals surface area contributed by atoms with Gasteiger partial charge in [0.25, 0.3) is 0 Å². The van der Waals surface area contributed by atoms with Crippen molar-refractivity contribution in [3.63, 3.8) is 0 Å². The molecule has 0 bridgehead atoms. The Morgan fingerprint density at radius 1 is 0.705 bits per heavy atom. The number of carbonyl (C=O) groups excluding carboxylic acids is 2. The van der Waals surface area contributed by atoms with E-state index < -0.39 is 113 Å². The molecule has 1 unspecified atom stereocenters. The third kappa shape index (κ3) is 18.0. The monoisotopic (exact) mass is 1200 g/mol.